The average molecular weight is 798 g/mol. The number of Topliss-reactive ketones (excluding diaryl/α,β-unsaturated/α-hetero) is 2. The van der Waals surface area contributed by atoms with Crippen LogP contribution in [-0.2, 0) is 15.1 Å². The number of amides is 1. The van der Waals surface area contributed by atoms with Gasteiger partial charge in [0, 0.05) is 42.5 Å². The zero-order valence-corrected chi connectivity index (χ0v) is 32.2. The van der Waals surface area contributed by atoms with E-state index < -0.39 is 47.6 Å². The van der Waals surface area contributed by atoms with Gasteiger partial charge in [-0.1, -0.05) is 37.6 Å². The van der Waals surface area contributed by atoms with Crippen molar-refractivity contribution in [3.63, 3.8) is 0 Å². The fourth-order valence-electron chi connectivity index (χ4n) is 7.22. The van der Waals surface area contributed by atoms with E-state index in [1.54, 1.807) is 36.4 Å². The number of rotatable bonds is 18. The van der Waals surface area contributed by atoms with Gasteiger partial charge in [-0.2, -0.15) is 28.1 Å². The second-order valence-electron chi connectivity index (χ2n) is 16.4. The van der Waals surface area contributed by atoms with Crippen LogP contribution in [0.5, 0.6) is 6.01 Å². The molecule has 3 aliphatic carbocycles. The van der Waals surface area contributed by atoms with Gasteiger partial charge in [0.1, 0.15) is 0 Å². The third-order valence-corrected chi connectivity index (χ3v) is 11.2. The fourth-order valence-corrected chi connectivity index (χ4v) is 7.35. The third-order valence-electron chi connectivity index (χ3n) is 11.0. The molecule has 17 heteroatoms. The summed E-state index contributed by atoms with van der Waals surface area (Å²) in [5.41, 5.74) is 1.00. The van der Waals surface area contributed by atoms with Crippen molar-refractivity contribution in [2.45, 2.75) is 76.2 Å². The Morgan fingerprint density at radius 3 is 2.14 bits per heavy atom. The molecule has 3 aromatic rings. The van der Waals surface area contributed by atoms with E-state index in [1.807, 2.05) is 26.0 Å². The highest BCUT2D eigenvalue weighted by molar-refractivity contribution is 6.49. The molecular formula is C39H47ClF3N9O4. The zero-order valence-electron chi connectivity index (χ0n) is 31.4. The summed E-state index contributed by atoms with van der Waals surface area (Å²) in [5, 5.41) is 16.4. The van der Waals surface area contributed by atoms with Crippen molar-refractivity contribution in [3.05, 3.63) is 64.7 Å². The molecule has 300 valence electrons. The number of anilines is 3. The molecule has 2 atom stereocenters. The van der Waals surface area contributed by atoms with Crippen LogP contribution in [0.2, 0.25) is 5.02 Å². The summed E-state index contributed by atoms with van der Waals surface area (Å²) in [6, 6.07) is 12.0. The molecule has 0 radical (unpaired) electrons. The minimum atomic E-state index is -4.60. The lowest BCUT2D eigenvalue weighted by molar-refractivity contribution is -0.154. The summed E-state index contributed by atoms with van der Waals surface area (Å²) < 4.78 is 43.8. The number of alkyl halides is 3. The Labute approximate surface area is 328 Å². The SMILES string of the molecule is CC(C)(CNC(=O)c1ccc(Nc2nc(NC3(c4ccc(Cl)cc4)CC3)nc(OCC(F)(F)F)n2)cc1)CNC1C(=O)C(=O)C1NCC1(CN2CCCC2)CC1. The summed E-state index contributed by atoms with van der Waals surface area (Å²) >= 11 is 6.05. The molecule has 7 rings (SSSR count). The van der Waals surface area contributed by atoms with Crippen LogP contribution in [0.4, 0.5) is 30.8 Å². The highest BCUT2D eigenvalue weighted by atomic mass is 35.5. The summed E-state index contributed by atoms with van der Waals surface area (Å²) in [6.45, 7) is 7.05. The number of nitrogens with zero attached hydrogens (tertiary/aromatic N) is 4. The van der Waals surface area contributed by atoms with Gasteiger partial charge in [0.25, 0.3) is 5.91 Å². The highest BCUT2D eigenvalue weighted by Gasteiger charge is 2.52. The van der Waals surface area contributed by atoms with E-state index in [-0.39, 0.29) is 29.0 Å². The van der Waals surface area contributed by atoms with Gasteiger partial charge in [-0.3, -0.25) is 14.4 Å². The Kier molecular flexibility index (Phi) is 11.3. The monoisotopic (exact) mass is 797 g/mol. The van der Waals surface area contributed by atoms with Crippen LogP contribution in [0.25, 0.3) is 0 Å². The second kappa shape index (κ2) is 15.9. The number of ether oxygens (including phenoxy) is 1. The van der Waals surface area contributed by atoms with Crippen molar-refractivity contribution in [2.24, 2.45) is 10.8 Å². The topological polar surface area (TPSA) is 162 Å². The number of aromatic nitrogens is 3. The lowest BCUT2D eigenvalue weighted by Crippen LogP contribution is -2.70. The van der Waals surface area contributed by atoms with Gasteiger partial charge in [-0.05, 0) is 104 Å². The average Bonchev–Trinajstić information content (AvgIpc) is 4.06. The second-order valence-corrected chi connectivity index (χ2v) is 16.8. The van der Waals surface area contributed by atoms with Crippen LogP contribution < -0.4 is 31.3 Å². The quantitative estimate of drug-likeness (QED) is 0.110. The van der Waals surface area contributed by atoms with E-state index >= 15 is 0 Å². The molecule has 1 amide bonds. The van der Waals surface area contributed by atoms with E-state index in [4.69, 9.17) is 16.3 Å². The largest absolute Gasteiger partial charge is 0.454 e. The minimum absolute atomic E-state index is 0.0276. The van der Waals surface area contributed by atoms with Crippen LogP contribution in [0, 0.1) is 10.8 Å². The lowest BCUT2D eigenvalue weighted by Gasteiger charge is -2.38. The van der Waals surface area contributed by atoms with Crippen LogP contribution >= 0.6 is 11.6 Å². The van der Waals surface area contributed by atoms with Crippen LogP contribution in [-0.4, -0.2) is 101 Å². The van der Waals surface area contributed by atoms with E-state index in [0.717, 1.165) is 57.4 Å². The van der Waals surface area contributed by atoms with Gasteiger partial charge >= 0.3 is 12.2 Å². The Morgan fingerprint density at radius 1 is 0.875 bits per heavy atom. The zero-order chi connectivity index (χ0) is 39.7. The maximum Gasteiger partial charge on any atom is 0.422 e. The number of ketones is 2. The number of hydrogen-bond acceptors (Lipinski definition) is 12. The molecule has 0 bridgehead atoms. The molecule has 13 nitrogen and oxygen atoms in total. The molecule has 2 aromatic carbocycles. The van der Waals surface area contributed by atoms with Crippen LogP contribution in [0.3, 0.4) is 0 Å². The van der Waals surface area contributed by atoms with E-state index in [2.05, 4.69) is 46.4 Å². The smallest absolute Gasteiger partial charge is 0.422 e. The molecule has 3 saturated carbocycles. The molecule has 2 heterocycles. The van der Waals surface area contributed by atoms with Gasteiger partial charge < -0.3 is 36.2 Å². The highest BCUT2D eigenvalue weighted by Crippen LogP contribution is 2.48. The molecular weight excluding hydrogens is 751 g/mol. The standard InChI is InChI=1S/C39H47ClF3N9O4/c1-36(2,19-44-28-29(31(54)30(28)53)45-21-37(13-14-37)22-52-17-3-4-18-52)20-46-32(55)24-5-11-27(12-6-24)47-33-48-34(50-35(49-33)56-23-39(41,42)43)51-38(15-16-38)25-7-9-26(40)10-8-25/h5-12,28-29,44-45H,3-4,13-23H2,1-2H3,(H,46,55)(H2,47,48,49,50,51). The van der Waals surface area contributed by atoms with Gasteiger partial charge in [-0.25, -0.2) is 0 Å². The van der Waals surface area contributed by atoms with Gasteiger partial charge in [0.15, 0.2) is 6.61 Å². The lowest BCUT2D eigenvalue weighted by atomic mass is 9.81. The van der Waals surface area contributed by atoms with Crippen molar-refractivity contribution in [3.8, 4) is 6.01 Å². The Morgan fingerprint density at radius 2 is 1.52 bits per heavy atom. The van der Waals surface area contributed by atoms with E-state index in [0.29, 0.717) is 29.4 Å². The Hall–Kier alpha value is -4.38. The van der Waals surface area contributed by atoms with Crippen molar-refractivity contribution in [1.29, 1.82) is 0 Å². The van der Waals surface area contributed by atoms with Gasteiger partial charge in [0.2, 0.25) is 23.5 Å². The number of nitrogens with one attached hydrogen (secondary N) is 5. The molecule has 4 aliphatic rings. The molecule has 2 unspecified atom stereocenters. The number of carbonyl (C=O) groups excluding carboxylic acids is 3. The maximum atomic E-state index is 13.1. The summed E-state index contributed by atoms with van der Waals surface area (Å²) in [6.07, 6.45) is 1.63. The number of benzene rings is 2. The summed E-state index contributed by atoms with van der Waals surface area (Å²) in [4.78, 5) is 53.1. The van der Waals surface area contributed by atoms with Crippen molar-refractivity contribution >= 4 is 46.7 Å². The van der Waals surface area contributed by atoms with Gasteiger partial charge in [-0.15, -0.1) is 0 Å². The third kappa shape index (κ3) is 9.94. The molecule has 4 fully saturated rings. The van der Waals surface area contributed by atoms with E-state index in [9.17, 15) is 27.6 Å². The van der Waals surface area contributed by atoms with Crippen LogP contribution in [0.15, 0.2) is 48.5 Å². The molecule has 0 spiro atoms. The number of likely N-dealkylation sites (tertiary alicyclic amines) is 1. The van der Waals surface area contributed by atoms with Crippen molar-refractivity contribution in [1.82, 2.24) is 35.8 Å². The summed E-state index contributed by atoms with van der Waals surface area (Å²) in [7, 11) is 0. The Balaban J connectivity index is 0.915. The normalized spacial score (nSPS) is 21.3. The van der Waals surface area contributed by atoms with Gasteiger partial charge in [0.05, 0.1) is 17.6 Å². The Bertz CT molecular complexity index is 1920. The van der Waals surface area contributed by atoms with Crippen molar-refractivity contribution in [2.75, 3.05) is 56.5 Å². The van der Waals surface area contributed by atoms with E-state index in [1.165, 1.54) is 12.8 Å². The minimum Gasteiger partial charge on any atom is -0.454 e. The number of hydrogen-bond donors (Lipinski definition) is 5. The molecule has 1 aliphatic heterocycles. The predicted octanol–water partition coefficient (Wildman–Crippen LogP) is 5.01. The fraction of sp³-hybridized carbons (Fsp3) is 0.538. The molecule has 5 N–H and O–H groups in total. The molecule has 56 heavy (non-hydrogen) atoms. The first-order valence-electron chi connectivity index (χ1n) is 19.0. The number of carbonyl (C=O) groups is 3. The van der Waals surface area contributed by atoms with Crippen LogP contribution in [0.1, 0.15) is 68.3 Å². The first-order chi connectivity index (χ1) is 26.6. The number of halogens is 4. The first kappa shape index (κ1) is 39.8. The van der Waals surface area contributed by atoms with Crippen molar-refractivity contribution < 1.29 is 32.3 Å². The predicted molar refractivity (Wildman–Crippen MR) is 204 cm³/mol. The molecule has 1 aromatic heterocycles. The maximum absolute atomic E-state index is 13.1. The molecule has 1 saturated heterocycles. The first-order valence-corrected chi connectivity index (χ1v) is 19.4. The summed E-state index contributed by atoms with van der Waals surface area (Å²) in [5.74, 6) is -1.15.